The van der Waals surface area contributed by atoms with Gasteiger partial charge >= 0.3 is 0 Å². The highest BCUT2D eigenvalue weighted by atomic mass is 32.2. The van der Waals surface area contributed by atoms with Gasteiger partial charge in [-0.3, -0.25) is 4.79 Å². The molecule has 1 atom stereocenters. The second-order valence-corrected chi connectivity index (χ2v) is 7.20. The van der Waals surface area contributed by atoms with Gasteiger partial charge in [-0.2, -0.15) is 4.68 Å². The van der Waals surface area contributed by atoms with E-state index in [0.717, 1.165) is 11.3 Å². The van der Waals surface area contributed by atoms with Crippen molar-refractivity contribution in [3.63, 3.8) is 0 Å². The van der Waals surface area contributed by atoms with Crippen molar-refractivity contribution in [3.05, 3.63) is 65.7 Å². The zero-order chi connectivity index (χ0) is 19.2. The Morgan fingerprint density at radius 2 is 1.74 bits per heavy atom. The highest BCUT2D eigenvalue weighted by molar-refractivity contribution is 8.00. The van der Waals surface area contributed by atoms with Gasteiger partial charge in [-0.1, -0.05) is 59.8 Å². The lowest BCUT2D eigenvalue weighted by molar-refractivity contribution is -0.130. The number of aryl methyl sites for hydroxylation is 1. The maximum atomic E-state index is 13.2. The molecule has 3 aromatic rings. The fraction of sp³-hybridized carbons (Fsp3) is 0.300. The largest absolute Gasteiger partial charge is 0.342 e. The van der Waals surface area contributed by atoms with Crippen LogP contribution in [0.4, 0.5) is 0 Å². The molecule has 0 unspecified atom stereocenters. The third-order valence-corrected chi connectivity index (χ3v) is 5.52. The number of nitrogens with zero attached hydrogens (tertiary/aromatic N) is 5. The molecule has 0 fully saturated rings. The Labute approximate surface area is 163 Å². The first-order chi connectivity index (χ1) is 13.1. The van der Waals surface area contributed by atoms with Crippen LogP contribution < -0.4 is 0 Å². The number of carbonyl (C=O) groups excluding carboxylic acids is 1. The van der Waals surface area contributed by atoms with E-state index in [4.69, 9.17) is 0 Å². The van der Waals surface area contributed by atoms with Crippen LogP contribution in [0, 0.1) is 6.92 Å². The molecule has 140 valence electrons. The number of carbonyl (C=O) groups is 1. The Hall–Kier alpha value is -2.67. The van der Waals surface area contributed by atoms with Crippen molar-refractivity contribution in [2.75, 3.05) is 13.1 Å². The smallest absolute Gasteiger partial charge is 0.240 e. The van der Waals surface area contributed by atoms with Gasteiger partial charge in [-0.05, 0) is 48.9 Å². The average molecular weight is 382 g/mol. The molecule has 0 spiro atoms. The summed E-state index contributed by atoms with van der Waals surface area (Å²) in [6, 6.07) is 17.8. The zero-order valence-electron chi connectivity index (χ0n) is 15.7. The molecule has 0 bridgehead atoms. The summed E-state index contributed by atoms with van der Waals surface area (Å²) in [5.41, 5.74) is 2.98. The van der Waals surface area contributed by atoms with E-state index in [1.807, 2.05) is 80.3 Å². The van der Waals surface area contributed by atoms with Crippen LogP contribution in [0.3, 0.4) is 0 Å². The van der Waals surface area contributed by atoms with E-state index in [2.05, 4.69) is 15.5 Å². The molecule has 1 heterocycles. The first kappa shape index (κ1) is 19.1. The second-order valence-electron chi connectivity index (χ2n) is 6.13. The Morgan fingerprint density at radius 1 is 1.07 bits per heavy atom. The van der Waals surface area contributed by atoms with E-state index in [1.54, 1.807) is 4.68 Å². The molecule has 0 aliphatic heterocycles. The summed E-state index contributed by atoms with van der Waals surface area (Å²) in [6.45, 7) is 7.35. The molecular weight excluding hydrogens is 358 g/mol. The SMILES string of the molecule is CCN(CC)C(=O)[C@@H](Sc1nnnn1-c1ccc(C)cc1)c1ccccc1. The van der Waals surface area contributed by atoms with Crippen LogP contribution in [0.15, 0.2) is 59.8 Å². The predicted octanol–water partition coefficient (Wildman–Crippen LogP) is 3.67. The molecule has 7 heteroatoms. The lowest BCUT2D eigenvalue weighted by Gasteiger charge is -2.24. The summed E-state index contributed by atoms with van der Waals surface area (Å²) in [5.74, 6) is 0.0645. The molecule has 27 heavy (non-hydrogen) atoms. The molecule has 0 saturated heterocycles. The van der Waals surface area contributed by atoms with Crippen molar-refractivity contribution in [1.82, 2.24) is 25.1 Å². The second kappa shape index (κ2) is 8.81. The first-order valence-electron chi connectivity index (χ1n) is 8.99. The number of amides is 1. The molecule has 1 aromatic heterocycles. The van der Waals surface area contributed by atoms with E-state index < -0.39 is 5.25 Å². The highest BCUT2D eigenvalue weighted by Crippen LogP contribution is 2.36. The molecule has 0 saturated carbocycles. The van der Waals surface area contributed by atoms with Crippen molar-refractivity contribution < 1.29 is 4.79 Å². The summed E-state index contributed by atoms with van der Waals surface area (Å²) in [4.78, 5) is 15.0. The number of rotatable bonds is 7. The minimum absolute atomic E-state index is 0.0645. The average Bonchev–Trinajstić information content (AvgIpc) is 3.16. The lowest BCUT2D eigenvalue weighted by Crippen LogP contribution is -2.34. The number of aromatic nitrogens is 4. The number of hydrogen-bond acceptors (Lipinski definition) is 5. The third kappa shape index (κ3) is 4.36. The normalized spacial score (nSPS) is 12.0. The van der Waals surface area contributed by atoms with Gasteiger partial charge in [-0.25, -0.2) is 0 Å². The van der Waals surface area contributed by atoms with Crippen LogP contribution >= 0.6 is 11.8 Å². The molecule has 2 aromatic carbocycles. The van der Waals surface area contributed by atoms with Crippen LogP contribution in [0.2, 0.25) is 0 Å². The van der Waals surface area contributed by atoms with Gasteiger partial charge in [0.05, 0.1) is 5.69 Å². The number of hydrogen-bond donors (Lipinski definition) is 0. The molecule has 0 aliphatic rings. The van der Waals surface area contributed by atoms with Crippen LogP contribution in [0.5, 0.6) is 0 Å². The van der Waals surface area contributed by atoms with Gasteiger partial charge in [0.15, 0.2) is 0 Å². The summed E-state index contributed by atoms with van der Waals surface area (Å²) in [5, 5.41) is 12.3. The number of likely N-dealkylation sites (N-methyl/N-ethyl adjacent to an activating group) is 1. The molecule has 3 rings (SSSR count). The minimum atomic E-state index is -0.402. The van der Waals surface area contributed by atoms with Crippen molar-refractivity contribution in [3.8, 4) is 5.69 Å². The van der Waals surface area contributed by atoms with E-state index in [9.17, 15) is 4.79 Å². The van der Waals surface area contributed by atoms with Gasteiger partial charge < -0.3 is 4.90 Å². The van der Waals surface area contributed by atoms with E-state index in [0.29, 0.717) is 18.2 Å². The Morgan fingerprint density at radius 3 is 2.37 bits per heavy atom. The van der Waals surface area contributed by atoms with Crippen LogP contribution in [-0.2, 0) is 4.79 Å². The van der Waals surface area contributed by atoms with Crippen molar-refractivity contribution in [2.24, 2.45) is 0 Å². The maximum Gasteiger partial charge on any atom is 0.240 e. The van der Waals surface area contributed by atoms with E-state index in [-0.39, 0.29) is 5.91 Å². The topological polar surface area (TPSA) is 63.9 Å². The standard InChI is InChI=1S/C20H23N5OS/c1-4-24(5-2)19(26)18(16-9-7-6-8-10-16)27-20-21-22-23-25(20)17-13-11-15(3)12-14-17/h6-14,18H,4-5H2,1-3H3/t18-/m0/s1. The summed E-state index contributed by atoms with van der Waals surface area (Å²) in [6.07, 6.45) is 0. The Balaban J connectivity index is 1.95. The fourth-order valence-electron chi connectivity index (χ4n) is 2.80. The number of tetrazole rings is 1. The molecule has 0 aliphatic carbocycles. The lowest BCUT2D eigenvalue weighted by atomic mass is 10.1. The summed E-state index contributed by atoms with van der Waals surface area (Å²) in [7, 11) is 0. The Bertz CT molecular complexity index is 875. The molecule has 0 radical (unpaired) electrons. The maximum absolute atomic E-state index is 13.2. The van der Waals surface area contributed by atoms with Gasteiger partial charge in [-0.15, -0.1) is 5.10 Å². The van der Waals surface area contributed by atoms with Crippen molar-refractivity contribution in [1.29, 1.82) is 0 Å². The predicted molar refractivity (Wildman–Crippen MR) is 107 cm³/mol. The van der Waals surface area contributed by atoms with Crippen LogP contribution in [-0.4, -0.2) is 44.1 Å². The Kier molecular flexibility index (Phi) is 6.24. The van der Waals surface area contributed by atoms with E-state index in [1.165, 1.54) is 17.3 Å². The van der Waals surface area contributed by atoms with Gasteiger partial charge in [0.2, 0.25) is 11.1 Å². The quantitative estimate of drug-likeness (QED) is 0.584. The van der Waals surface area contributed by atoms with Crippen LogP contribution in [0.25, 0.3) is 5.69 Å². The highest BCUT2D eigenvalue weighted by Gasteiger charge is 2.28. The van der Waals surface area contributed by atoms with Crippen molar-refractivity contribution in [2.45, 2.75) is 31.2 Å². The first-order valence-corrected chi connectivity index (χ1v) is 9.87. The van der Waals surface area contributed by atoms with Crippen molar-refractivity contribution >= 4 is 17.7 Å². The van der Waals surface area contributed by atoms with E-state index >= 15 is 0 Å². The summed E-state index contributed by atoms with van der Waals surface area (Å²) < 4.78 is 1.68. The minimum Gasteiger partial charge on any atom is -0.342 e. The van der Waals surface area contributed by atoms with Gasteiger partial charge in [0, 0.05) is 13.1 Å². The molecular formula is C20H23N5OS. The molecule has 0 N–H and O–H groups in total. The third-order valence-electron chi connectivity index (χ3n) is 4.34. The van der Waals surface area contributed by atoms with Gasteiger partial charge in [0.25, 0.3) is 0 Å². The molecule has 6 nitrogen and oxygen atoms in total. The fourth-order valence-corrected chi connectivity index (χ4v) is 3.88. The number of thioether (sulfide) groups is 1. The molecule has 1 amide bonds. The summed E-state index contributed by atoms with van der Waals surface area (Å²) >= 11 is 1.38. The monoisotopic (exact) mass is 381 g/mol. The van der Waals surface area contributed by atoms with Crippen LogP contribution in [0.1, 0.15) is 30.2 Å². The van der Waals surface area contributed by atoms with Gasteiger partial charge in [0.1, 0.15) is 5.25 Å². The zero-order valence-corrected chi connectivity index (χ0v) is 16.6. The number of benzene rings is 2.